The van der Waals surface area contributed by atoms with E-state index < -0.39 is 54.6 Å². The van der Waals surface area contributed by atoms with Crippen LogP contribution in [0.5, 0.6) is 5.75 Å². The van der Waals surface area contributed by atoms with Crippen molar-refractivity contribution in [3.05, 3.63) is 120 Å². The van der Waals surface area contributed by atoms with Gasteiger partial charge in [-0.1, -0.05) is 30.3 Å². The molecule has 5 heterocycles. The third-order valence-electron chi connectivity index (χ3n) is 10.1. The number of rotatable bonds is 14. The number of ether oxygens (including phenoxy) is 6. The van der Waals surface area contributed by atoms with E-state index in [0.29, 0.717) is 18.8 Å². The first-order chi connectivity index (χ1) is 29.0. The first-order valence-corrected chi connectivity index (χ1v) is 20.0. The number of hydrogen-bond donors (Lipinski definition) is 0. The topological polar surface area (TPSA) is 172 Å². The minimum atomic E-state index is -1.36. The summed E-state index contributed by atoms with van der Waals surface area (Å²) in [6, 6.07) is 25.1. The van der Waals surface area contributed by atoms with Gasteiger partial charge in [0.1, 0.15) is 18.5 Å². The Bertz CT molecular complexity index is 1940. The quantitative estimate of drug-likeness (QED) is 0.133. The SMILES string of the molecule is CC(=O)OC[C@H]1O[C@@H](Oc2ccc(C(c3ccccn3)N3CCN(Cc4ccccn4)CCN(Cc4ccccn4)CC3)cc2)[C@H](OC(C)=O)[C@@H](OC(C)=O)[C@H]1OC(C)=O. The van der Waals surface area contributed by atoms with Crippen LogP contribution < -0.4 is 4.74 Å². The first-order valence-electron chi connectivity index (χ1n) is 20.0. The molecule has 6 rings (SSSR count). The lowest BCUT2D eigenvalue weighted by molar-refractivity contribution is -0.288. The summed E-state index contributed by atoms with van der Waals surface area (Å²) in [5.74, 6) is -2.44. The molecule has 1 aromatic carbocycles. The molecule has 0 radical (unpaired) electrons. The van der Waals surface area contributed by atoms with Gasteiger partial charge in [-0.25, -0.2) is 0 Å². The molecule has 60 heavy (non-hydrogen) atoms. The zero-order valence-electron chi connectivity index (χ0n) is 34.3. The van der Waals surface area contributed by atoms with Crippen molar-refractivity contribution in [2.24, 2.45) is 0 Å². The number of benzene rings is 1. The van der Waals surface area contributed by atoms with Gasteiger partial charge in [-0.2, -0.15) is 0 Å². The van der Waals surface area contributed by atoms with Crippen LogP contribution in [-0.2, 0) is 56.0 Å². The van der Waals surface area contributed by atoms with Gasteiger partial charge in [0.25, 0.3) is 0 Å². The number of hydrogen-bond acceptors (Lipinski definition) is 16. The minimum absolute atomic E-state index is 0.238. The van der Waals surface area contributed by atoms with Gasteiger partial charge in [0.2, 0.25) is 12.4 Å². The molecule has 2 aliphatic rings. The van der Waals surface area contributed by atoms with Crippen molar-refractivity contribution in [1.29, 1.82) is 0 Å². The maximum Gasteiger partial charge on any atom is 0.303 e. The zero-order valence-corrected chi connectivity index (χ0v) is 34.3. The summed E-state index contributed by atoms with van der Waals surface area (Å²) >= 11 is 0. The monoisotopic (exact) mass is 824 g/mol. The Morgan fingerprint density at radius 3 is 1.63 bits per heavy atom. The summed E-state index contributed by atoms with van der Waals surface area (Å²) in [4.78, 5) is 70.1. The third-order valence-corrected chi connectivity index (χ3v) is 10.1. The summed E-state index contributed by atoms with van der Waals surface area (Å²) in [7, 11) is 0. The molecular formula is C44H52N6O10. The Balaban J connectivity index is 1.29. The Morgan fingerprint density at radius 1 is 0.617 bits per heavy atom. The molecule has 0 saturated carbocycles. The summed E-state index contributed by atoms with van der Waals surface area (Å²) in [5, 5.41) is 0. The third kappa shape index (κ3) is 12.6. The molecule has 16 nitrogen and oxygen atoms in total. The van der Waals surface area contributed by atoms with Crippen LogP contribution in [0.4, 0.5) is 0 Å². The second-order valence-electron chi connectivity index (χ2n) is 14.6. The summed E-state index contributed by atoms with van der Waals surface area (Å²) in [5.41, 5.74) is 3.84. The maximum absolute atomic E-state index is 12.4. The molecule has 0 amide bonds. The van der Waals surface area contributed by atoms with Crippen molar-refractivity contribution in [3.8, 4) is 5.75 Å². The van der Waals surface area contributed by atoms with Gasteiger partial charge in [-0.3, -0.25) is 48.8 Å². The van der Waals surface area contributed by atoms with Gasteiger partial charge in [-0.05, 0) is 54.1 Å². The van der Waals surface area contributed by atoms with Crippen molar-refractivity contribution >= 4 is 23.9 Å². The average Bonchev–Trinajstić information content (AvgIpc) is 3.31. The van der Waals surface area contributed by atoms with Gasteiger partial charge in [0.15, 0.2) is 12.2 Å². The lowest BCUT2D eigenvalue weighted by atomic mass is 9.98. The van der Waals surface area contributed by atoms with Crippen LogP contribution in [-0.4, -0.2) is 130 Å². The van der Waals surface area contributed by atoms with E-state index in [9.17, 15) is 19.2 Å². The van der Waals surface area contributed by atoms with Crippen LogP contribution in [0, 0.1) is 0 Å². The molecule has 0 N–H and O–H groups in total. The molecule has 2 saturated heterocycles. The second kappa shape index (κ2) is 21.4. The van der Waals surface area contributed by atoms with E-state index in [1.807, 2.05) is 67.0 Å². The Hall–Kier alpha value is -5.81. The Labute approximate surface area is 349 Å². The number of carbonyl (C=O) groups is 4. The minimum Gasteiger partial charge on any atom is -0.463 e. The number of pyridine rings is 3. The van der Waals surface area contributed by atoms with E-state index in [-0.39, 0.29) is 12.6 Å². The van der Waals surface area contributed by atoms with Crippen molar-refractivity contribution < 1.29 is 47.6 Å². The van der Waals surface area contributed by atoms with E-state index in [1.54, 1.807) is 18.3 Å². The summed E-state index contributed by atoms with van der Waals surface area (Å²) in [6.07, 6.45) is -1.07. The molecule has 0 aliphatic carbocycles. The van der Waals surface area contributed by atoms with Gasteiger partial charge in [0.05, 0.1) is 23.1 Å². The molecule has 2 aliphatic heterocycles. The molecule has 0 spiro atoms. The van der Waals surface area contributed by atoms with Crippen LogP contribution >= 0.6 is 0 Å². The van der Waals surface area contributed by atoms with Crippen molar-refractivity contribution in [2.75, 3.05) is 45.9 Å². The highest BCUT2D eigenvalue weighted by Crippen LogP contribution is 2.33. The molecule has 3 aromatic heterocycles. The van der Waals surface area contributed by atoms with Crippen LogP contribution in [0.2, 0.25) is 0 Å². The molecule has 2 fully saturated rings. The average molecular weight is 825 g/mol. The van der Waals surface area contributed by atoms with Crippen LogP contribution in [0.25, 0.3) is 0 Å². The molecule has 16 heteroatoms. The summed E-state index contributed by atoms with van der Waals surface area (Å²) < 4.78 is 34.4. The summed E-state index contributed by atoms with van der Waals surface area (Å²) in [6.45, 7) is 10.6. The van der Waals surface area contributed by atoms with Crippen LogP contribution in [0.15, 0.2) is 97.5 Å². The first kappa shape index (κ1) is 43.8. The zero-order chi connectivity index (χ0) is 42.4. The largest absolute Gasteiger partial charge is 0.463 e. The van der Waals surface area contributed by atoms with Gasteiger partial charge in [-0.15, -0.1) is 0 Å². The smallest absolute Gasteiger partial charge is 0.303 e. The number of esters is 4. The Morgan fingerprint density at radius 2 is 1.13 bits per heavy atom. The van der Waals surface area contributed by atoms with E-state index in [2.05, 4.69) is 36.8 Å². The van der Waals surface area contributed by atoms with Gasteiger partial charge in [0, 0.05) is 98.6 Å². The Kier molecular flexibility index (Phi) is 15.6. The number of carbonyl (C=O) groups excluding carboxylic acids is 4. The van der Waals surface area contributed by atoms with Crippen LogP contribution in [0.3, 0.4) is 0 Å². The second-order valence-corrected chi connectivity index (χ2v) is 14.6. The fourth-order valence-corrected chi connectivity index (χ4v) is 7.43. The highest BCUT2D eigenvalue weighted by Gasteiger charge is 2.53. The molecule has 6 atom stereocenters. The van der Waals surface area contributed by atoms with Crippen molar-refractivity contribution in [3.63, 3.8) is 0 Å². The normalized spacial score (nSPS) is 22.2. The van der Waals surface area contributed by atoms with E-state index in [0.717, 1.165) is 61.9 Å². The predicted molar refractivity (Wildman–Crippen MR) is 216 cm³/mol. The van der Waals surface area contributed by atoms with Crippen molar-refractivity contribution in [2.45, 2.75) is 77.5 Å². The lowest BCUT2D eigenvalue weighted by Gasteiger charge is -2.43. The standard InChI is InChI=1S/C44H52N6O10/c1-30(51)55-29-39-41(56-31(2)52)42(57-32(3)53)43(58-33(4)54)44(60-39)59-37-16-14-34(15-17-37)40(38-13-7-10-20-47-38)50-25-23-48(27-35-11-5-8-18-45-35)21-22-49(24-26-50)28-36-12-6-9-19-46-36/h5-20,39-44H,21-29H2,1-4H3/t39-,40?,41+,42+,43-,44-/m1/s1. The van der Waals surface area contributed by atoms with Crippen molar-refractivity contribution in [1.82, 2.24) is 29.7 Å². The van der Waals surface area contributed by atoms with E-state index in [4.69, 9.17) is 33.4 Å². The number of aromatic nitrogens is 3. The predicted octanol–water partition coefficient (Wildman–Crippen LogP) is 3.74. The van der Waals surface area contributed by atoms with E-state index in [1.165, 1.54) is 27.7 Å². The van der Waals surface area contributed by atoms with E-state index >= 15 is 0 Å². The van der Waals surface area contributed by atoms with Gasteiger partial charge >= 0.3 is 23.9 Å². The lowest BCUT2D eigenvalue weighted by Crippen LogP contribution is -2.63. The molecule has 1 unspecified atom stereocenters. The highest BCUT2D eigenvalue weighted by atomic mass is 16.7. The van der Waals surface area contributed by atoms with Gasteiger partial charge < -0.3 is 28.4 Å². The maximum atomic E-state index is 12.4. The molecular weight excluding hydrogens is 773 g/mol. The number of nitrogens with zero attached hydrogens (tertiary/aromatic N) is 6. The van der Waals surface area contributed by atoms with Crippen LogP contribution in [0.1, 0.15) is 56.4 Å². The molecule has 318 valence electrons. The molecule has 4 aromatic rings. The fourth-order valence-electron chi connectivity index (χ4n) is 7.43. The fraction of sp³-hybridized carbons (Fsp3) is 0.432. The molecule has 0 bridgehead atoms. The highest BCUT2D eigenvalue weighted by molar-refractivity contribution is 5.68.